The molecule has 0 amide bonds. The number of hydrogen-bond donors (Lipinski definition) is 0. The van der Waals surface area contributed by atoms with E-state index in [1.54, 1.807) is 30.5 Å². The molecule has 0 atom stereocenters. The Morgan fingerprint density at radius 2 is 1.91 bits per heavy atom. The fourth-order valence-electron chi connectivity index (χ4n) is 3.57. The van der Waals surface area contributed by atoms with E-state index in [0.29, 0.717) is 46.8 Å². The van der Waals surface area contributed by atoms with Crippen molar-refractivity contribution in [2.75, 3.05) is 6.61 Å². The first-order valence-corrected chi connectivity index (χ1v) is 12.0. The molecule has 176 valence electrons. The lowest BCUT2D eigenvalue weighted by Crippen LogP contribution is -2.22. The largest absolute Gasteiger partial charge is 0.490 e. The van der Waals surface area contributed by atoms with Gasteiger partial charge < -0.3 is 9.47 Å². The van der Waals surface area contributed by atoms with Crippen molar-refractivity contribution in [3.05, 3.63) is 98.0 Å². The smallest absolute Gasteiger partial charge is 0.282 e. The van der Waals surface area contributed by atoms with Crippen molar-refractivity contribution in [2.45, 2.75) is 26.9 Å². The summed E-state index contributed by atoms with van der Waals surface area (Å²) in [5.74, 6) is 1.68. The van der Waals surface area contributed by atoms with Crippen LogP contribution in [0.1, 0.15) is 36.4 Å². The highest BCUT2D eigenvalue weighted by Gasteiger charge is 2.11. The molecule has 0 fully saturated rings. The number of aryl methyl sites for hydroxylation is 1. The Bertz CT molecular complexity index is 1510. The maximum Gasteiger partial charge on any atom is 0.282 e. The molecule has 0 aliphatic carbocycles. The van der Waals surface area contributed by atoms with E-state index < -0.39 is 0 Å². The molecule has 0 saturated carbocycles. The van der Waals surface area contributed by atoms with Crippen molar-refractivity contribution in [3.8, 4) is 17.6 Å². The van der Waals surface area contributed by atoms with Gasteiger partial charge in [0, 0.05) is 16.5 Å². The minimum absolute atomic E-state index is 0.231. The molecule has 1 aromatic heterocycles. The highest BCUT2D eigenvalue weighted by Crippen LogP contribution is 2.29. The Balaban J connectivity index is 1.64. The van der Waals surface area contributed by atoms with Gasteiger partial charge in [-0.2, -0.15) is 15.0 Å². The van der Waals surface area contributed by atoms with Crippen LogP contribution in [0.25, 0.3) is 10.9 Å². The fourth-order valence-corrected chi connectivity index (χ4v) is 3.93. The van der Waals surface area contributed by atoms with Gasteiger partial charge >= 0.3 is 0 Å². The van der Waals surface area contributed by atoms with Gasteiger partial charge in [-0.05, 0) is 55.0 Å². The van der Waals surface area contributed by atoms with Crippen LogP contribution in [0.4, 0.5) is 0 Å². The van der Waals surface area contributed by atoms with Crippen LogP contribution in [-0.4, -0.2) is 22.5 Å². The Morgan fingerprint density at radius 3 is 2.69 bits per heavy atom. The van der Waals surface area contributed by atoms with Crippen LogP contribution in [0.2, 0.25) is 0 Å². The van der Waals surface area contributed by atoms with Crippen molar-refractivity contribution < 1.29 is 9.47 Å². The Kier molecular flexibility index (Phi) is 7.58. The van der Waals surface area contributed by atoms with E-state index in [9.17, 15) is 10.1 Å². The Labute approximate surface area is 211 Å². The van der Waals surface area contributed by atoms with Gasteiger partial charge in [0.05, 0.1) is 35.4 Å². The molecule has 0 saturated heterocycles. The maximum absolute atomic E-state index is 13.1. The van der Waals surface area contributed by atoms with E-state index in [0.717, 1.165) is 15.6 Å². The molecule has 0 radical (unpaired) electrons. The SMILES string of the molecule is CCOc1cc(C=Nn2c(CC)nc3ccc(Br)cc3c2=O)ccc1OCc1ccccc1C#N. The number of nitriles is 1. The fraction of sp³-hybridized carbons (Fsp3) is 0.185. The van der Waals surface area contributed by atoms with Crippen LogP contribution in [0.5, 0.6) is 11.5 Å². The predicted octanol–water partition coefficient (Wildman–Crippen LogP) is 5.45. The number of aromatic nitrogens is 2. The molecule has 0 aliphatic heterocycles. The van der Waals surface area contributed by atoms with Gasteiger partial charge in [-0.15, -0.1) is 0 Å². The van der Waals surface area contributed by atoms with E-state index >= 15 is 0 Å². The van der Waals surface area contributed by atoms with E-state index in [2.05, 4.69) is 32.1 Å². The summed E-state index contributed by atoms with van der Waals surface area (Å²) in [5, 5.41) is 14.2. The third-order valence-corrected chi connectivity index (χ3v) is 5.80. The van der Waals surface area contributed by atoms with E-state index in [1.165, 1.54) is 4.68 Å². The second kappa shape index (κ2) is 11.0. The first-order chi connectivity index (χ1) is 17.0. The Morgan fingerprint density at radius 1 is 1.09 bits per heavy atom. The van der Waals surface area contributed by atoms with Gasteiger partial charge in [0.2, 0.25) is 0 Å². The average molecular weight is 531 g/mol. The lowest BCUT2D eigenvalue weighted by atomic mass is 10.1. The zero-order valence-electron chi connectivity index (χ0n) is 19.4. The molecule has 1 heterocycles. The van der Waals surface area contributed by atoms with Crippen molar-refractivity contribution in [2.24, 2.45) is 5.10 Å². The van der Waals surface area contributed by atoms with Gasteiger partial charge in [0.1, 0.15) is 12.4 Å². The van der Waals surface area contributed by atoms with Gasteiger partial charge in [0.15, 0.2) is 11.5 Å². The molecule has 0 N–H and O–H groups in total. The summed E-state index contributed by atoms with van der Waals surface area (Å²) >= 11 is 3.41. The molecule has 35 heavy (non-hydrogen) atoms. The first-order valence-electron chi connectivity index (χ1n) is 11.2. The number of ether oxygens (including phenoxy) is 2. The molecule has 0 spiro atoms. The second-order valence-electron chi connectivity index (χ2n) is 7.60. The third-order valence-electron chi connectivity index (χ3n) is 5.30. The summed E-state index contributed by atoms with van der Waals surface area (Å²) in [6.07, 6.45) is 2.16. The van der Waals surface area contributed by atoms with Crippen LogP contribution in [0.3, 0.4) is 0 Å². The molecule has 8 heteroatoms. The zero-order valence-corrected chi connectivity index (χ0v) is 20.9. The molecule has 0 bridgehead atoms. The third kappa shape index (κ3) is 5.42. The van der Waals surface area contributed by atoms with Gasteiger partial charge in [-0.1, -0.05) is 41.1 Å². The molecule has 4 rings (SSSR count). The van der Waals surface area contributed by atoms with Gasteiger partial charge in [0.25, 0.3) is 5.56 Å². The molecular formula is C27H23BrN4O3. The average Bonchev–Trinajstić information content (AvgIpc) is 2.88. The molecule has 7 nitrogen and oxygen atoms in total. The van der Waals surface area contributed by atoms with Crippen LogP contribution >= 0.6 is 15.9 Å². The monoisotopic (exact) mass is 530 g/mol. The molecule has 3 aromatic carbocycles. The number of benzene rings is 3. The number of halogens is 1. The van der Waals surface area contributed by atoms with Gasteiger partial charge in [-0.3, -0.25) is 4.79 Å². The minimum atomic E-state index is -0.231. The summed E-state index contributed by atoms with van der Waals surface area (Å²) < 4.78 is 13.9. The summed E-state index contributed by atoms with van der Waals surface area (Å²) in [6.45, 7) is 4.52. The lowest BCUT2D eigenvalue weighted by molar-refractivity contribution is 0.269. The highest BCUT2D eigenvalue weighted by molar-refractivity contribution is 9.10. The standard InChI is InChI=1S/C27H23BrN4O3/c1-3-26-31-23-11-10-21(28)14-22(23)27(33)32(26)30-16-18-9-12-24(25(13-18)34-4-2)35-17-20-8-6-5-7-19(20)15-29/h5-14,16H,3-4,17H2,1-2H3. The number of nitrogens with zero attached hydrogens (tertiary/aromatic N) is 4. The summed E-state index contributed by atoms with van der Waals surface area (Å²) in [5.41, 5.74) is 2.51. The summed E-state index contributed by atoms with van der Waals surface area (Å²) in [7, 11) is 0. The second-order valence-corrected chi connectivity index (χ2v) is 8.52. The Hall–Kier alpha value is -3.96. The molecular weight excluding hydrogens is 508 g/mol. The number of hydrogen-bond acceptors (Lipinski definition) is 6. The van der Waals surface area contributed by atoms with E-state index in [-0.39, 0.29) is 12.2 Å². The highest BCUT2D eigenvalue weighted by atomic mass is 79.9. The maximum atomic E-state index is 13.1. The normalized spacial score (nSPS) is 11.0. The quantitative estimate of drug-likeness (QED) is 0.282. The van der Waals surface area contributed by atoms with Crippen LogP contribution in [0.15, 0.2) is 75.0 Å². The zero-order chi connectivity index (χ0) is 24.8. The van der Waals surface area contributed by atoms with Gasteiger partial charge in [-0.25, -0.2) is 4.98 Å². The van der Waals surface area contributed by atoms with Crippen molar-refractivity contribution >= 4 is 33.0 Å². The van der Waals surface area contributed by atoms with E-state index in [1.807, 2.05) is 50.2 Å². The predicted molar refractivity (Wildman–Crippen MR) is 139 cm³/mol. The first kappa shape index (κ1) is 24.2. The van der Waals surface area contributed by atoms with Crippen molar-refractivity contribution in [3.63, 3.8) is 0 Å². The van der Waals surface area contributed by atoms with E-state index in [4.69, 9.17) is 9.47 Å². The van der Waals surface area contributed by atoms with Crippen LogP contribution in [0, 0.1) is 11.3 Å². The molecule has 0 unspecified atom stereocenters. The van der Waals surface area contributed by atoms with Crippen molar-refractivity contribution in [1.82, 2.24) is 9.66 Å². The van der Waals surface area contributed by atoms with Crippen LogP contribution < -0.4 is 15.0 Å². The number of rotatable bonds is 8. The lowest BCUT2D eigenvalue weighted by Gasteiger charge is -2.13. The molecule has 4 aromatic rings. The minimum Gasteiger partial charge on any atom is -0.490 e. The number of fused-ring (bicyclic) bond motifs is 1. The van der Waals surface area contributed by atoms with Crippen molar-refractivity contribution in [1.29, 1.82) is 5.26 Å². The summed E-state index contributed by atoms with van der Waals surface area (Å²) in [6, 6.07) is 20.3. The van der Waals surface area contributed by atoms with Crippen LogP contribution in [-0.2, 0) is 13.0 Å². The molecule has 0 aliphatic rings. The topological polar surface area (TPSA) is 89.5 Å². The summed E-state index contributed by atoms with van der Waals surface area (Å²) in [4.78, 5) is 17.7.